The van der Waals surface area contributed by atoms with Crippen LogP contribution in [0.1, 0.15) is 37.0 Å². The van der Waals surface area contributed by atoms with Gasteiger partial charge in [-0.05, 0) is 45.2 Å². The molecule has 1 aromatic rings. The van der Waals surface area contributed by atoms with Crippen molar-refractivity contribution in [2.45, 2.75) is 52.2 Å². The Morgan fingerprint density at radius 3 is 2.63 bits per heavy atom. The third-order valence-electron chi connectivity index (χ3n) is 4.28. The lowest BCUT2D eigenvalue weighted by atomic mass is 9.97. The Kier molecular flexibility index (Phi) is 3.68. The van der Waals surface area contributed by atoms with Gasteiger partial charge >= 0.3 is 0 Å². The molecule has 1 aromatic carbocycles. The van der Waals surface area contributed by atoms with Crippen LogP contribution in [0.4, 0.5) is 0 Å². The lowest BCUT2D eigenvalue weighted by Crippen LogP contribution is -2.48. The fraction of sp³-hybridized carbons (Fsp3) is 0.562. The first-order chi connectivity index (χ1) is 8.82. The first-order valence-electron chi connectivity index (χ1n) is 6.87. The number of aryl methyl sites for hydroxylation is 2. The summed E-state index contributed by atoms with van der Waals surface area (Å²) in [5.41, 5.74) is 3.00. The zero-order valence-electron chi connectivity index (χ0n) is 12.2. The van der Waals surface area contributed by atoms with Gasteiger partial charge in [0.1, 0.15) is 0 Å². The van der Waals surface area contributed by atoms with Crippen LogP contribution in [0.3, 0.4) is 0 Å². The molecule has 1 heterocycles. The van der Waals surface area contributed by atoms with E-state index >= 15 is 0 Å². The number of amides is 1. The van der Waals surface area contributed by atoms with Gasteiger partial charge in [0.2, 0.25) is 5.91 Å². The molecule has 1 aliphatic heterocycles. The lowest BCUT2D eigenvalue weighted by molar-refractivity contribution is -0.135. The molecular formula is C16H23NO2. The Morgan fingerprint density at radius 2 is 2.11 bits per heavy atom. The van der Waals surface area contributed by atoms with Gasteiger partial charge in [-0.2, -0.15) is 0 Å². The molecule has 1 amide bonds. The fourth-order valence-electron chi connectivity index (χ4n) is 2.82. The highest BCUT2D eigenvalue weighted by Gasteiger charge is 2.42. The molecule has 19 heavy (non-hydrogen) atoms. The van der Waals surface area contributed by atoms with Crippen LogP contribution < -0.4 is 0 Å². The summed E-state index contributed by atoms with van der Waals surface area (Å²) >= 11 is 0. The molecule has 1 aliphatic rings. The highest BCUT2D eigenvalue weighted by molar-refractivity contribution is 5.80. The monoisotopic (exact) mass is 261 g/mol. The zero-order chi connectivity index (χ0) is 14.2. The van der Waals surface area contributed by atoms with Gasteiger partial charge in [-0.1, -0.05) is 23.8 Å². The SMILES string of the molecule is Cc1ccc(CC(=O)N2CCC(O)C2(C)C)c(C)c1. The average molecular weight is 261 g/mol. The molecule has 0 bridgehead atoms. The van der Waals surface area contributed by atoms with E-state index in [4.69, 9.17) is 0 Å². The molecule has 0 aromatic heterocycles. The van der Waals surface area contributed by atoms with Crippen LogP contribution in [0.2, 0.25) is 0 Å². The molecule has 1 saturated heterocycles. The minimum atomic E-state index is -0.449. The molecule has 0 aliphatic carbocycles. The second-order valence-corrected chi connectivity index (χ2v) is 6.11. The van der Waals surface area contributed by atoms with Crippen LogP contribution in [-0.2, 0) is 11.2 Å². The molecule has 0 saturated carbocycles. The summed E-state index contributed by atoms with van der Waals surface area (Å²) in [6.07, 6.45) is 0.670. The number of rotatable bonds is 2. The van der Waals surface area contributed by atoms with Crippen LogP contribution in [0.25, 0.3) is 0 Å². The third-order valence-corrected chi connectivity index (χ3v) is 4.28. The van der Waals surface area contributed by atoms with Crippen molar-refractivity contribution in [3.05, 3.63) is 34.9 Å². The Hall–Kier alpha value is -1.35. The fourth-order valence-corrected chi connectivity index (χ4v) is 2.82. The molecule has 3 nitrogen and oxygen atoms in total. The van der Waals surface area contributed by atoms with Crippen molar-refractivity contribution in [3.8, 4) is 0 Å². The molecular weight excluding hydrogens is 238 g/mol. The molecule has 2 rings (SSSR count). The molecule has 0 spiro atoms. The van der Waals surface area contributed by atoms with E-state index in [1.807, 2.05) is 37.8 Å². The summed E-state index contributed by atoms with van der Waals surface area (Å²) in [6, 6.07) is 6.17. The van der Waals surface area contributed by atoms with E-state index in [9.17, 15) is 9.90 Å². The van der Waals surface area contributed by atoms with Gasteiger partial charge in [0.25, 0.3) is 0 Å². The van der Waals surface area contributed by atoms with E-state index < -0.39 is 11.6 Å². The smallest absolute Gasteiger partial charge is 0.227 e. The van der Waals surface area contributed by atoms with Crippen molar-refractivity contribution >= 4 is 5.91 Å². The minimum absolute atomic E-state index is 0.105. The number of nitrogens with zero attached hydrogens (tertiary/aromatic N) is 1. The van der Waals surface area contributed by atoms with Crippen molar-refractivity contribution in [3.63, 3.8) is 0 Å². The van der Waals surface area contributed by atoms with E-state index in [1.54, 1.807) is 0 Å². The van der Waals surface area contributed by atoms with Crippen LogP contribution in [-0.4, -0.2) is 34.1 Å². The normalized spacial score (nSPS) is 21.7. The maximum atomic E-state index is 12.4. The van der Waals surface area contributed by atoms with Crippen LogP contribution in [0.15, 0.2) is 18.2 Å². The van der Waals surface area contributed by atoms with Crippen LogP contribution in [0.5, 0.6) is 0 Å². The van der Waals surface area contributed by atoms with E-state index in [2.05, 4.69) is 13.0 Å². The number of benzene rings is 1. The van der Waals surface area contributed by atoms with Gasteiger partial charge in [0, 0.05) is 6.54 Å². The number of carbonyl (C=O) groups is 1. The van der Waals surface area contributed by atoms with Gasteiger partial charge in [-0.15, -0.1) is 0 Å². The average Bonchev–Trinajstić information content (AvgIpc) is 2.58. The number of hydrogen-bond acceptors (Lipinski definition) is 2. The second kappa shape index (κ2) is 4.97. The van der Waals surface area contributed by atoms with E-state index in [-0.39, 0.29) is 5.91 Å². The third kappa shape index (κ3) is 2.66. The number of hydrogen-bond donors (Lipinski definition) is 1. The summed E-state index contributed by atoms with van der Waals surface area (Å²) in [7, 11) is 0. The number of aliphatic hydroxyl groups is 1. The summed E-state index contributed by atoms with van der Waals surface area (Å²) in [6.45, 7) is 8.62. The molecule has 3 heteroatoms. The summed E-state index contributed by atoms with van der Waals surface area (Å²) in [5, 5.41) is 9.94. The standard InChI is InChI=1S/C16H23NO2/c1-11-5-6-13(12(2)9-11)10-15(19)17-8-7-14(18)16(17,3)4/h5-6,9,14,18H,7-8,10H2,1-4H3. The summed E-state index contributed by atoms with van der Waals surface area (Å²) in [4.78, 5) is 14.2. The maximum Gasteiger partial charge on any atom is 0.227 e. The number of carbonyl (C=O) groups excluding carboxylic acids is 1. The van der Waals surface area contributed by atoms with Crippen molar-refractivity contribution in [2.24, 2.45) is 0 Å². The van der Waals surface area contributed by atoms with E-state index in [1.165, 1.54) is 5.56 Å². The Morgan fingerprint density at radius 1 is 1.42 bits per heavy atom. The molecule has 1 N–H and O–H groups in total. The largest absolute Gasteiger partial charge is 0.391 e. The van der Waals surface area contributed by atoms with Gasteiger partial charge in [-0.25, -0.2) is 0 Å². The first kappa shape index (κ1) is 14.1. The van der Waals surface area contributed by atoms with Gasteiger partial charge in [0.05, 0.1) is 18.1 Å². The van der Waals surface area contributed by atoms with Crippen LogP contribution in [0, 0.1) is 13.8 Å². The van der Waals surface area contributed by atoms with Crippen LogP contribution >= 0.6 is 0 Å². The highest BCUT2D eigenvalue weighted by atomic mass is 16.3. The first-order valence-corrected chi connectivity index (χ1v) is 6.87. The van der Waals surface area contributed by atoms with E-state index in [0.717, 1.165) is 11.1 Å². The van der Waals surface area contributed by atoms with Gasteiger partial charge in [0.15, 0.2) is 0 Å². The number of likely N-dealkylation sites (tertiary alicyclic amines) is 1. The highest BCUT2D eigenvalue weighted by Crippen LogP contribution is 2.29. The lowest BCUT2D eigenvalue weighted by Gasteiger charge is -2.34. The molecule has 1 fully saturated rings. The molecule has 0 radical (unpaired) electrons. The topological polar surface area (TPSA) is 40.5 Å². The predicted octanol–water partition coefficient (Wildman–Crippen LogP) is 2.22. The molecule has 104 valence electrons. The van der Waals surface area contributed by atoms with Crippen molar-refractivity contribution in [1.29, 1.82) is 0 Å². The second-order valence-electron chi connectivity index (χ2n) is 6.11. The Balaban J connectivity index is 2.14. The quantitative estimate of drug-likeness (QED) is 0.886. The number of aliphatic hydroxyl groups excluding tert-OH is 1. The maximum absolute atomic E-state index is 12.4. The minimum Gasteiger partial charge on any atom is -0.391 e. The van der Waals surface area contributed by atoms with Crippen molar-refractivity contribution < 1.29 is 9.90 Å². The van der Waals surface area contributed by atoms with Crippen molar-refractivity contribution in [2.75, 3.05) is 6.54 Å². The summed E-state index contributed by atoms with van der Waals surface area (Å²) < 4.78 is 0. The molecule has 1 unspecified atom stereocenters. The van der Waals surface area contributed by atoms with Gasteiger partial charge in [-0.3, -0.25) is 4.79 Å². The Labute approximate surface area is 115 Å². The Bertz CT molecular complexity index is 494. The summed E-state index contributed by atoms with van der Waals surface area (Å²) in [5.74, 6) is 0.105. The zero-order valence-corrected chi connectivity index (χ0v) is 12.2. The predicted molar refractivity (Wildman–Crippen MR) is 76.0 cm³/mol. The van der Waals surface area contributed by atoms with E-state index in [0.29, 0.717) is 19.4 Å². The molecule has 1 atom stereocenters. The van der Waals surface area contributed by atoms with Crippen molar-refractivity contribution in [1.82, 2.24) is 4.90 Å². The van der Waals surface area contributed by atoms with Gasteiger partial charge < -0.3 is 10.0 Å².